The van der Waals surface area contributed by atoms with E-state index in [0.29, 0.717) is 35.7 Å². The van der Waals surface area contributed by atoms with E-state index in [1.165, 1.54) is 0 Å². The van der Waals surface area contributed by atoms with Crippen LogP contribution in [0.3, 0.4) is 0 Å². The quantitative estimate of drug-likeness (QED) is 0.613. The van der Waals surface area contributed by atoms with Gasteiger partial charge in [-0.3, -0.25) is 0 Å². The molecule has 0 heterocycles. The molecule has 0 radical (unpaired) electrons. The fraction of sp³-hybridized carbons (Fsp3) is 0.500. The fourth-order valence-corrected chi connectivity index (χ4v) is 1.86. The van der Waals surface area contributed by atoms with E-state index < -0.39 is 12.2 Å². The molecule has 122 valence electrons. The van der Waals surface area contributed by atoms with Crippen LogP contribution >= 0.6 is 0 Å². The van der Waals surface area contributed by atoms with Gasteiger partial charge in [-0.05, 0) is 57.9 Å². The molecule has 0 aliphatic carbocycles. The molecule has 1 amide bonds. The summed E-state index contributed by atoms with van der Waals surface area (Å²) in [6, 6.07) is 3.32. The molecule has 0 aliphatic rings. The standard InChI is InChI=1S/C16H23NO5/c1-6-17(7-2)15(18)21-13-9-12(5)14(10-11(13)4)22-16(19)20-8-3/h9-10H,6-8H2,1-5H3. The topological polar surface area (TPSA) is 65.1 Å². The number of carbonyl (C=O) groups is 2. The highest BCUT2D eigenvalue weighted by molar-refractivity contribution is 5.72. The van der Waals surface area contributed by atoms with E-state index in [2.05, 4.69) is 0 Å². The summed E-state index contributed by atoms with van der Waals surface area (Å²) in [4.78, 5) is 24.9. The maximum absolute atomic E-state index is 12.0. The predicted molar refractivity (Wildman–Crippen MR) is 82.5 cm³/mol. The van der Waals surface area contributed by atoms with Crippen molar-refractivity contribution in [2.75, 3.05) is 19.7 Å². The van der Waals surface area contributed by atoms with Crippen LogP contribution in [0.1, 0.15) is 31.9 Å². The van der Waals surface area contributed by atoms with Crippen LogP contribution < -0.4 is 9.47 Å². The number of nitrogens with zero attached hydrogens (tertiary/aromatic N) is 1. The van der Waals surface area contributed by atoms with Gasteiger partial charge in [-0.15, -0.1) is 0 Å². The lowest BCUT2D eigenvalue weighted by Crippen LogP contribution is -2.33. The van der Waals surface area contributed by atoms with Crippen LogP contribution in [-0.2, 0) is 4.74 Å². The predicted octanol–water partition coefficient (Wildman–Crippen LogP) is 3.68. The van der Waals surface area contributed by atoms with E-state index in [1.54, 1.807) is 37.8 Å². The lowest BCUT2D eigenvalue weighted by molar-refractivity contribution is 0.104. The number of hydrogen-bond donors (Lipinski definition) is 0. The minimum absolute atomic E-state index is 0.246. The molecule has 0 saturated heterocycles. The smallest absolute Gasteiger partial charge is 0.434 e. The van der Waals surface area contributed by atoms with Crippen LogP contribution in [0.5, 0.6) is 11.5 Å². The monoisotopic (exact) mass is 309 g/mol. The second kappa shape index (κ2) is 8.26. The van der Waals surface area contributed by atoms with Crippen molar-refractivity contribution in [3.05, 3.63) is 23.3 Å². The van der Waals surface area contributed by atoms with E-state index in [1.807, 2.05) is 13.8 Å². The lowest BCUT2D eigenvalue weighted by atomic mass is 10.1. The molecule has 1 rings (SSSR count). The highest BCUT2D eigenvalue weighted by atomic mass is 16.7. The van der Waals surface area contributed by atoms with Gasteiger partial charge in [0.1, 0.15) is 11.5 Å². The van der Waals surface area contributed by atoms with Gasteiger partial charge in [0.15, 0.2) is 0 Å². The van der Waals surface area contributed by atoms with Crippen LogP contribution in [-0.4, -0.2) is 36.8 Å². The van der Waals surface area contributed by atoms with Gasteiger partial charge in [0.2, 0.25) is 0 Å². The normalized spacial score (nSPS) is 10.0. The van der Waals surface area contributed by atoms with Crippen molar-refractivity contribution in [2.24, 2.45) is 0 Å². The van der Waals surface area contributed by atoms with Gasteiger partial charge in [-0.1, -0.05) is 0 Å². The van der Waals surface area contributed by atoms with Crippen LogP contribution in [0, 0.1) is 13.8 Å². The number of carbonyl (C=O) groups excluding carboxylic acids is 2. The summed E-state index contributed by atoms with van der Waals surface area (Å²) in [6.45, 7) is 10.4. The summed E-state index contributed by atoms with van der Waals surface area (Å²) < 4.78 is 15.2. The van der Waals surface area contributed by atoms with Crippen molar-refractivity contribution < 1.29 is 23.8 Å². The van der Waals surface area contributed by atoms with E-state index in [4.69, 9.17) is 14.2 Å². The molecule has 0 fully saturated rings. The number of hydrogen-bond acceptors (Lipinski definition) is 5. The Kier molecular flexibility index (Phi) is 6.69. The van der Waals surface area contributed by atoms with Crippen LogP contribution in [0.25, 0.3) is 0 Å². The molecule has 1 aromatic rings. The Labute approximate surface area is 131 Å². The second-order valence-corrected chi connectivity index (χ2v) is 4.71. The Hall–Kier alpha value is -2.24. The van der Waals surface area contributed by atoms with Crippen LogP contribution in [0.2, 0.25) is 0 Å². The summed E-state index contributed by atoms with van der Waals surface area (Å²) in [5, 5.41) is 0. The molecule has 0 saturated carbocycles. The molecule has 1 aromatic carbocycles. The molecule has 0 unspecified atom stereocenters. The van der Waals surface area contributed by atoms with Crippen LogP contribution in [0.15, 0.2) is 12.1 Å². The number of ether oxygens (including phenoxy) is 3. The molecule has 22 heavy (non-hydrogen) atoms. The molecule has 0 aromatic heterocycles. The Morgan fingerprint density at radius 1 is 0.955 bits per heavy atom. The fourth-order valence-electron chi connectivity index (χ4n) is 1.86. The Morgan fingerprint density at radius 2 is 1.45 bits per heavy atom. The van der Waals surface area contributed by atoms with Crippen molar-refractivity contribution in [2.45, 2.75) is 34.6 Å². The Bertz CT molecular complexity index is 538. The molecular formula is C16H23NO5. The van der Waals surface area contributed by atoms with Gasteiger partial charge < -0.3 is 19.1 Å². The molecule has 0 spiro atoms. The first-order valence-corrected chi connectivity index (χ1v) is 7.35. The molecule has 6 nitrogen and oxygen atoms in total. The molecule has 6 heteroatoms. The van der Waals surface area contributed by atoms with Crippen molar-refractivity contribution in [3.63, 3.8) is 0 Å². The van der Waals surface area contributed by atoms with E-state index >= 15 is 0 Å². The number of amides is 1. The second-order valence-electron chi connectivity index (χ2n) is 4.71. The minimum Gasteiger partial charge on any atom is -0.434 e. The molecule has 0 aliphatic heterocycles. The summed E-state index contributed by atoms with van der Waals surface area (Å²) in [6.07, 6.45) is -1.15. The van der Waals surface area contributed by atoms with E-state index in [9.17, 15) is 9.59 Å². The van der Waals surface area contributed by atoms with E-state index in [0.717, 1.165) is 0 Å². The molecular weight excluding hydrogens is 286 g/mol. The third-order valence-electron chi connectivity index (χ3n) is 3.15. The number of aryl methyl sites for hydroxylation is 2. The van der Waals surface area contributed by atoms with Gasteiger partial charge >= 0.3 is 12.2 Å². The zero-order chi connectivity index (χ0) is 16.7. The highest BCUT2D eigenvalue weighted by Gasteiger charge is 2.16. The first-order chi connectivity index (χ1) is 10.4. The average Bonchev–Trinajstić information content (AvgIpc) is 2.45. The maximum Gasteiger partial charge on any atom is 0.513 e. The third kappa shape index (κ3) is 4.65. The average molecular weight is 309 g/mol. The third-order valence-corrected chi connectivity index (χ3v) is 3.15. The first kappa shape index (κ1) is 17.8. The van der Waals surface area contributed by atoms with Gasteiger partial charge in [0.25, 0.3) is 0 Å². The van der Waals surface area contributed by atoms with Gasteiger partial charge in [0, 0.05) is 13.1 Å². The zero-order valence-corrected chi connectivity index (χ0v) is 13.8. The van der Waals surface area contributed by atoms with Gasteiger partial charge in [-0.2, -0.15) is 0 Å². The maximum atomic E-state index is 12.0. The van der Waals surface area contributed by atoms with Crippen molar-refractivity contribution in [3.8, 4) is 11.5 Å². The van der Waals surface area contributed by atoms with E-state index in [-0.39, 0.29) is 6.61 Å². The summed E-state index contributed by atoms with van der Waals surface area (Å²) >= 11 is 0. The van der Waals surface area contributed by atoms with Gasteiger partial charge in [0.05, 0.1) is 6.61 Å². The zero-order valence-electron chi connectivity index (χ0n) is 13.8. The first-order valence-electron chi connectivity index (χ1n) is 7.35. The van der Waals surface area contributed by atoms with Crippen LogP contribution in [0.4, 0.5) is 9.59 Å². The van der Waals surface area contributed by atoms with Crippen molar-refractivity contribution in [1.29, 1.82) is 0 Å². The molecule has 0 atom stereocenters. The number of benzene rings is 1. The Morgan fingerprint density at radius 3 is 1.91 bits per heavy atom. The van der Waals surface area contributed by atoms with Crippen molar-refractivity contribution in [1.82, 2.24) is 4.90 Å². The van der Waals surface area contributed by atoms with Gasteiger partial charge in [-0.25, -0.2) is 9.59 Å². The molecule has 0 N–H and O–H groups in total. The summed E-state index contributed by atoms with van der Waals surface area (Å²) in [5.41, 5.74) is 1.38. The molecule has 0 bridgehead atoms. The number of rotatable bonds is 5. The Balaban J connectivity index is 2.89. The minimum atomic E-state index is -0.752. The SMILES string of the molecule is CCOC(=O)Oc1cc(C)c(OC(=O)N(CC)CC)cc1C. The highest BCUT2D eigenvalue weighted by Crippen LogP contribution is 2.28. The largest absolute Gasteiger partial charge is 0.513 e. The van der Waals surface area contributed by atoms with Crippen molar-refractivity contribution >= 4 is 12.2 Å². The lowest BCUT2D eigenvalue weighted by Gasteiger charge is -2.19. The summed E-state index contributed by atoms with van der Waals surface area (Å²) in [5.74, 6) is 0.837. The summed E-state index contributed by atoms with van der Waals surface area (Å²) in [7, 11) is 0.